The predicted octanol–water partition coefficient (Wildman–Crippen LogP) is 3.49. The Labute approximate surface area is 102 Å². The van der Waals surface area contributed by atoms with E-state index in [0.717, 1.165) is 15.6 Å². The molecule has 0 aliphatic carbocycles. The fourth-order valence-electron chi connectivity index (χ4n) is 1.68. The smallest absolute Gasteiger partial charge is 0.124 e. The highest BCUT2D eigenvalue weighted by molar-refractivity contribution is 9.10. The molecule has 1 unspecified atom stereocenters. The third kappa shape index (κ3) is 2.18. The van der Waals surface area contributed by atoms with Crippen molar-refractivity contribution in [1.29, 1.82) is 0 Å². The van der Waals surface area contributed by atoms with Gasteiger partial charge >= 0.3 is 0 Å². The SMILES string of the molecule is CNC(c1ccoc1)c1ccc(F)cc1Br. The van der Waals surface area contributed by atoms with Crippen LogP contribution < -0.4 is 5.32 Å². The molecule has 0 saturated carbocycles. The molecule has 0 aliphatic rings. The van der Waals surface area contributed by atoms with E-state index in [0.29, 0.717) is 0 Å². The van der Waals surface area contributed by atoms with E-state index in [1.54, 1.807) is 18.6 Å². The molecule has 84 valence electrons. The van der Waals surface area contributed by atoms with Crippen molar-refractivity contribution in [3.63, 3.8) is 0 Å². The third-order valence-corrected chi connectivity index (χ3v) is 3.13. The fraction of sp³-hybridized carbons (Fsp3) is 0.167. The van der Waals surface area contributed by atoms with Crippen LogP contribution in [0.4, 0.5) is 4.39 Å². The quantitative estimate of drug-likeness (QED) is 0.933. The monoisotopic (exact) mass is 283 g/mol. The summed E-state index contributed by atoms with van der Waals surface area (Å²) < 4.78 is 18.8. The number of hydrogen-bond acceptors (Lipinski definition) is 2. The van der Waals surface area contributed by atoms with E-state index in [1.165, 1.54) is 12.1 Å². The van der Waals surface area contributed by atoms with Gasteiger partial charge in [-0.25, -0.2) is 4.39 Å². The van der Waals surface area contributed by atoms with Crippen LogP contribution in [0, 0.1) is 5.82 Å². The van der Waals surface area contributed by atoms with E-state index in [1.807, 2.05) is 13.1 Å². The van der Waals surface area contributed by atoms with Crippen LogP contribution in [-0.2, 0) is 0 Å². The molecule has 2 nitrogen and oxygen atoms in total. The Bertz CT molecular complexity index is 470. The summed E-state index contributed by atoms with van der Waals surface area (Å²) in [6, 6.07) is 6.54. The Morgan fingerprint density at radius 2 is 2.19 bits per heavy atom. The van der Waals surface area contributed by atoms with Crippen LogP contribution in [0.2, 0.25) is 0 Å². The molecule has 1 N–H and O–H groups in total. The molecule has 2 aromatic rings. The average Bonchev–Trinajstić information content (AvgIpc) is 2.75. The third-order valence-electron chi connectivity index (χ3n) is 2.44. The normalized spacial score (nSPS) is 12.7. The molecule has 0 fully saturated rings. The first-order valence-corrected chi connectivity index (χ1v) is 5.66. The van der Waals surface area contributed by atoms with Gasteiger partial charge in [0, 0.05) is 10.0 Å². The van der Waals surface area contributed by atoms with Crippen LogP contribution in [0.3, 0.4) is 0 Å². The Hall–Kier alpha value is -1.13. The first-order valence-electron chi connectivity index (χ1n) is 4.86. The van der Waals surface area contributed by atoms with Crippen molar-refractivity contribution in [2.75, 3.05) is 7.05 Å². The minimum absolute atomic E-state index is 0.00581. The van der Waals surface area contributed by atoms with Crippen LogP contribution in [0.15, 0.2) is 45.7 Å². The van der Waals surface area contributed by atoms with Gasteiger partial charge in [-0.1, -0.05) is 22.0 Å². The van der Waals surface area contributed by atoms with Gasteiger partial charge in [0.1, 0.15) is 5.82 Å². The number of benzene rings is 1. The molecular weight excluding hydrogens is 273 g/mol. The van der Waals surface area contributed by atoms with Gasteiger partial charge in [-0.3, -0.25) is 0 Å². The molecule has 1 aromatic heterocycles. The molecule has 1 atom stereocenters. The number of halogens is 2. The average molecular weight is 284 g/mol. The second kappa shape index (κ2) is 4.80. The molecule has 2 rings (SSSR count). The highest BCUT2D eigenvalue weighted by Crippen LogP contribution is 2.29. The van der Waals surface area contributed by atoms with Gasteiger partial charge in [-0.15, -0.1) is 0 Å². The van der Waals surface area contributed by atoms with Gasteiger partial charge in [-0.05, 0) is 30.8 Å². The molecule has 0 amide bonds. The standard InChI is InChI=1S/C12H11BrFNO/c1-15-12(8-4-5-16-7-8)10-3-2-9(14)6-11(10)13/h2-7,12,15H,1H3. The molecule has 0 radical (unpaired) electrons. The summed E-state index contributed by atoms with van der Waals surface area (Å²) in [6.45, 7) is 0. The molecule has 1 heterocycles. The first-order chi connectivity index (χ1) is 7.72. The molecule has 0 bridgehead atoms. The van der Waals surface area contributed by atoms with E-state index < -0.39 is 0 Å². The highest BCUT2D eigenvalue weighted by Gasteiger charge is 2.16. The van der Waals surface area contributed by atoms with E-state index in [-0.39, 0.29) is 11.9 Å². The van der Waals surface area contributed by atoms with Crippen LogP contribution in [0.5, 0.6) is 0 Å². The summed E-state index contributed by atoms with van der Waals surface area (Å²) in [4.78, 5) is 0. The van der Waals surface area contributed by atoms with Crippen LogP contribution in [-0.4, -0.2) is 7.05 Å². The van der Waals surface area contributed by atoms with Crippen molar-refractivity contribution < 1.29 is 8.81 Å². The summed E-state index contributed by atoms with van der Waals surface area (Å²) in [5, 5.41) is 3.17. The Balaban J connectivity index is 2.41. The maximum absolute atomic E-state index is 13.0. The van der Waals surface area contributed by atoms with Crippen molar-refractivity contribution >= 4 is 15.9 Å². The Morgan fingerprint density at radius 3 is 2.75 bits per heavy atom. The van der Waals surface area contributed by atoms with E-state index in [9.17, 15) is 4.39 Å². The number of furan rings is 1. The van der Waals surface area contributed by atoms with Crippen LogP contribution in [0.25, 0.3) is 0 Å². The molecule has 16 heavy (non-hydrogen) atoms. The zero-order chi connectivity index (χ0) is 11.5. The Kier molecular flexibility index (Phi) is 3.41. The lowest BCUT2D eigenvalue weighted by atomic mass is 10.0. The maximum Gasteiger partial charge on any atom is 0.124 e. The lowest BCUT2D eigenvalue weighted by molar-refractivity contribution is 0.557. The minimum atomic E-state index is -0.252. The van der Waals surface area contributed by atoms with Gasteiger partial charge in [-0.2, -0.15) is 0 Å². The van der Waals surface area contributed by atoms with E-state index in [4.69, 9.17) is 4.42 Å². The van der Waals surface area contributed by atoms with Gasteiger partial charge in [0.05, 0.1) is 18.6 Å². The first kappa shape index (κ1) is 11.4. The fourth-order valence-corrected chi connectivity index (χ4v) is 2.26. The van der Waals surface area contributed by atoms with Crippen molar-refractivity contribution in [3.05, 3.63) is 58.2 Å². The van der Waals surface area contributed by atoms with E-state index >= 15 is 0 Å². The lowest BCUT2D eigenvalue weighted by Crippen LogP contribution is -2.17. The topological polar surface area (TPSA) is 25.2 Å². The zero-order valence-corrected chi connectivity index (χ0v) is 10.3. The summed E-state index contributed by atoms with van der Waals surface area (Å²) in [5.41, 5.74) is 1.99. The number of rotatable bonds is 3. The van der Waals surface area contributed by atoms with Crippen LogP contribution >= 0.6 is 15.9 Å². The van der Waals surface area contributed by atoms with Crippen molar-refractivity contribution in [2.45, 2.75) is 6.04 Å². The summed E-state index contributed by atoms with van der Waals surface area (Å²) in [5.74, 6) is -0.252. The van der Waals surface area contributed by atoms with Crippen molar-refractivity contribution in [3.8, 4) is 0 Å². The highest BCUT2D eigenvalue weighted by atomic mass is 79.9. The number of nitrogens with one attached hydrogen (secondary N) is 1. The second-order valence-electron chi connectivity index (χ2n) is 3.44. The molecule has 0 saturated heterocycles. The summed E-state index contributed by atoms with van der Waals surface area (Å²) >= 11 is 3.36. The summed E-state index contributed by atoms with van der Waals surface area (Å²) in [7, 11) is 1.85. The summed E-state index contributed by atoms with van der Waals surface area (Å²) in [6.07, 6.45) is 3.30. The van der Waals surface area contributed by atoms with Gasteiger partial charge in [0.15, 0.2) is 0 Å². The minimum Gasteiger partial charge on any atom is -0.472 e. The van der Waals surface area contributed by atoms with Crippen molar-refractivity contribution in [1.82, 2.24) is 5.32 Å². The predicted molar refractivity (Wildman–Crippen MR) is 63.7 cm³/mol. The second-order valence-corrected chi connectivity index (χ2v) is 4.30. The number of hydrogen-bond donors (Lipinski definition) is 1. The Morgan fingerprint density at radius 1 is 1.38 bits per heavy atom. The zero-order valence-electron chi connectivity index (χ0n) is 8.71. The van der Waals surface area contributed by atoms with Gasteiger partial charge in [0.25, 0.3) is 0 Å². The molecule has 4 heteroatoms. The van der Waals surface area contributed by atoms with Crippen molar-refractivity contribution in [2.24, 2.45) is 0 Å². The van der Waals surface area contributed by atoms with Gasteiger partial charge in [0.2, 0.25) is 0 Å². The molecular formula is C12H11BrFNO. The maximum atomic E-state index is 13.0. The molecule has 0 aliphatic heterocycles. The lowest BCUT2D eigenvalue weighted by Gasteiger charge is -2.16. The van der Waals surface area contributed by atoms with E-state index in [2.05, 4.69) is 21.2 Å². The largest absolute Gasteiger partial charge is 0.472 e. The van der Waals surface area contributed by atoms with Crippen LogP contribution in [0.1, 0.15) is 17.2 Å². The molecule has 0 spiro atoms. The molecule has 1 aromatic carbocycles. The van der Waals surface area contributed by atoms with Gasteiger partial charge < -0.3 is 9.73 Å².